The number of hydrogen-bond donors (Lipinski definition) is 1. The Balaban J connectivity index is 1.64. The number of benzene rings is 2. The minimum atomic E-state index is -0.745. The van der Waals surface area contributed by atoms with E-state index in [1.54, 1.807) is 24.1 Å². The fourth-order valence-electron chi connectivity index (χ4n) is 4.81. The van der Waals surface area contributed by atoms with Crippen molar-refractivity contribution in [3.8, 4) is 5.75 Å². The van der Waals surface area contributed by atoms with Crippen LogP contribution in [0.1, 0.15) is 34.1 Å². The number of carbonyl (C=O) groups is 2. The van der Waals surface area contributed by atoms with Gasteiger partial charge in [0.25, 0.3) is 11.7 Å². The highest BCUT2D eigenvalue weighted by Crippen LogP contribution is 2.40. The number of rotatable bonds is 6. The number of imidazole rings is 1. The van der Waals surface area contributed by atoms with Gasteiger partial charge in [0.15, 0.2) is 5.76 Å². The molecule has 1 saturated heterocycles. The highest BCUT2D eigenvalue weighted by atomic mass is 16.5. The molecule has 3 heterocycles. The second-order valence-corrected chi connectivity index (χ2v) is 8.93. The number of pyridine rings is 1. The maximum atomic E-state index is 13.4. The quantitative estimate of drug-likeness (QED) is 0.247. The maximum absolute atomic E-state index is 13.4. The summed E-state index contributed by atoms with van der Waals surface area (Å²) < 4.78 is 7.16. The van der Waals surface area contributed by atoms with Gasteiger partial charge in [0.2, 0.25) is 0 Å². The molecule has 1 aliphatic heterocycles. The summed E-state index contributed by atoms with van der Waals surface area (Å²) in [5.41, 5.74) is 4.42. The van der Waals surface area contributed by atoms with Gasteiger partial charge in [-0.15, -0.1) is 0 Å². The van der Waals surface area contributed by atoms with Gasteiger partial charge in [-0.1, -0.05) is 48.5 Å². The molecular formula is C29H27N3O4. The lowest BCUT2D eigenvalue weighted by Gasteiger charge is -2.25. The largest absolute Gasteiger partial charge is 0.505 e. The summed E-state index contributed by atoms with van der Waals surface area (Å²) in [5.74, 6) is -0.955. The molecule has 7 heteroatoms. The molecule has 1 fully saturated rings. The normalized spacial score (nSPS) is 17.2. The van der Waals surface area contributed by atoms with Gasteiger partial charge < -0.3 is 19.1 Å². The second kappa shape index (κ2) is 9.34. The van der Waals surface area contributed by atoms with E-state index >= 15 is 0 Å². The molecule has 2 aromatic heterocycles. The smallest absolute Gasteiger partial charge is 0.295 e. The third-order valence-corrected chi connectivity index (χ3v) is 6.76. The average molecular weight is 482 g/mol. The first-order valence-electron chi connectivity index (χ1n) is 11.8. The predicted molar refractivity (Wildman–Crippen MR) is 137 cm³/mol. The van der Waals surface area contributed by atoms with Gasteiger partial charge in [0.1, 0.15) is 17.1 Å². The Morgan fingerprint density at radius 3 is 2.39 bits per heavy atom. The van der Waals surface area contributed by atoms with E-state index in [2.05, 4.69) is 4.98 Å². The van der Waals surface area contributed by atoms with Crippen LogP contribution >= 0.6 is 0 Å². The van der Waals surface area contributed by atoms with E-state index in [9.17, 15) is 14.7 Å². The van der Waals surface area contributed by atoms with Crippen LogP contribution in [-0.4, -0.2) is 44.7 Å². The fraction of sp³-hybridized carbons (Fsp3) is 0.207. The molecule has 36 heavy (non-hydrogen) atoms. The molecule has 1 atom stereocenters. The Labute approximate surface area is 209 Å². The van der Waals surface area contributed by atoms with E-state index in [0.717, 1.165) is 11.1 Å². The van der Waals surface area contributed by atoms with Crippen molar-refractivity contribution < 1.29 is 19.4 Å². The third kappa shape index (κ3) is 3.92. The zero-order valence-electron chi connectivity index (χ0n) is 20.4. The number of nitrogens with zero attached hydrogens (tertiary/aromatic N) is 3. The predicted octanol–water partition coefficient (Wildman–Crippen LogP) is 4.62. The molecular weight excluding hydrogens is 454 g/mol. The van der Waals surface area contributed by atoms with E-state index in [4.69, 9.17) is 4.74 Å². The minimum Gasteiger partial charge on any atom is -0.505 e. The van der Waals surface area contributed by atoms with Crippen molar-refractivity contribution in [2.75, 3.05) is 13.7 Å². The summed E-state index contributed by atoms with van der Waals surface area (Å²) in [4.78, 5) is 32.8. The first-order chi connectivity index (χ1) is 17.4. The molecule has 5 rings (SSSR count). The Bertz CT molecular complexity index is 1490. The van der Waals surface area contributed by atoms with Crippen LogP contribution in [0.2, 0.25) is 0 Å². The molecule has 1 amide bonds. The van der Waals surface area contributed by atoms with Crippen LogP contribution in [0.4, 0.5) is 0 Å². The number of carbonyl (C=O) groups excluding carboxylic acids is 2. The van der Waals surface area contributed by atoms with E-state index in [1.807, 2.05) is 79.0 Å². The van der Waals surface area contributed by atoms with Gasteiger partial charge >= 0.3 is 0 Å². The van der Waals surface area contributed by atoms with Crippen molar-refractivity contribution in [2.45, 2.75) is 26.3 Å². The molecule has 0 spiro atoms. The third-order valence-electron chi connectivity index (χ3n) is 6.76. The number of Topliss-reactive ketones (excluding diaryl/α,β-unsaturated/α-hetero) is 1. The lowest BCUT2D eigenvalue weighted by Crippen LogP contribution is -2.31. The molecule has 0 radical (unpaired) electrons. The number of hydrogen-bond acceptors (Lipinski definition) is 5. The number of aliphatic hydroxyl groups is 1. The van der Waals surface area contributed by atoms with Crippen LogP contribution < -0.4 is 4.74 Å². The van der Waals surface area contributed by atoms with Crippen LogP contribution in [0.3, 0.4) is 0 Å². The number of ketones is 1. The summed E-state index contributed by atoms with van der Waals surface area (Å²) >= 11 is 0. The first-order valence-corrected chi connectivity index (χ1v) is 11.8. The van der Waals surface area contributed by atoms with Gasteiger partial charge in [-0.3, -0.25) is 9.59 Å². The topological polar surface area (TPSA) is 84.1 Å². The molecule has 2 aromatic carbocycles. The summed E-state index contributed by atoms with van der Waals surface area (Å²) in [7, 11) is 1.58. The van der Waals surface area contributed by atoms with Crippen LogP contribution in [0.15, 0.2) is 78.5 Å². The molecule has 7 nitrogen and oxygen atoms in total. The van der Waals surface area contributed by atoms with E-state index < -0.39 is 17.7 Å². The maximum Gasteiger partial charge on any atom is 0.295 e. The number of aromatic nitrogens is 2. The van der Waals surface area contributed by atoms with Crippen LogP contribution in [-0.2, 0) is 16.0 Å². The van der Waals surface area contributed by atoms with Crippen LogP contribution in [0, 0.1) is 13.8 Å². The number of aliphatic hydroxyl groups excluding tert-OH is 1. The highest BCUT2D eigenvalue weighted by molar-refractivity contribution is 6.46. The highest BCUT2D eigenvalue weighted by Gasteiger charge is 2.46. The SMILES string of the molecule is COc1ccc(C2C(=C(O)c3nc4c(C)cccn4c3C)C(=O)C(=O)N2CCc2ccccc2)cc1. The van der Waals surface area contributed by atoms with Crippen molar-refractivity contribution >= 4 is 23.1 Å². The number of likely N-dealkylation sites (tertiary alicyclic amines) is 1. The number of fused-ring (bicyclic) bond motifs is 1. The number of methoxy groups -OCH3 is 1. The molecule has 1 unspecified atom stereocenters. The van der Waals surface area contributed by atoms with Crippen LogP contribution in [0.5, 0.6) is 5.75 Å². The zero-order chi connectivity index (χ0) is 25.4. The second-order valence-electron chi connectivity index (χ2n) is 8.93. The molecule has 0 aliphatic carbocycles. The van der Waals surface area contributed by atoms with Crippen LogP contribution in [0.25, 0.3) is 11.4 Å². The lowest BCUT2D eigenvalue weighted by atomic mass is 9.96. The minimum absolute atomic E-state index is 0.0439. The molecule has 182 valence electrons. The Hall–Kier alpha value is -4.39. The molecule has 1 N–H and O–H groups in total. The van der Waals surface area contributed by atoms with Gasteiger partial charge in [-0.05, 0) is 55.2 Å². The average Bonchev–Trinajstić information content (AvgIpc) is 3.37. The van der Waals surface area contributed by atoms with E-state index in [1.165, 1.54) is 0 Å². The summed E-state index contributed by atoms with van der Waals surface area (Å²) in [6.45, 7) is 4.10. The van der Waals surface area contributed by atoms with Crippen molar-refractivity contribution in [2.24, 2.45) is 0 Å². The van der Waals surface area contributed by atoms with Crippen molar-refractivity contribution in [1.29, 1.82) is 0 Å². The zero-order valence-corrected chi connectivity index (χ0v) is 20.4. The molecule has 0 bridgehead atoms. The van der Waals surface area contributed by atoms with Gasteiger partial charge in [-0.2, -0.15) is 0 Å². The monoisotopic (exact) mass is 481 g/mol. The fourth-order valence-corrected chi connectivity index (χ4v) is 4.81. The van der Waals surface area contributed by atoms with E-state index in [0.29, 0.717) is 41.3 Å². The van der Waals surface area contributed by atoms with Gasteiger partial charge in [-0.25, -0.2) is 4.98 Å². The summed E-state index contributed by atoms with van der Waals surface area (Å²) in [5, 5.41) is 11.5. The Morgan fingerprint density at radius 2 is 1.72 bits per heavy atom. The van der Waals surface area contributed by atoms with E-state index in [-0.39, 0.29) is 11.3 Å². The summed E-state index contributed by atoms with van der Waals surface area (Å²) in [6, 6.07) is 20.1. The van der Waals surface area contributed by atoms with Crippen molar-refractivity contribution in [3.05, 3.63) is 107 Å². The molecule has 1 aliphatic rings. The molecule has 4 aromatic rings. The standard InChI is InChI=1S/C29H27N3O4/c1-18-8-7-16-31-19(2)24(30-28(18)31)26(33)23-25(21-11-13-22(36-3)14-12-21)32(29(35)27(23)34)17-15-20-9-5-4-6-10-20/h4-14,16,25,33H,15,17H2,1-3H3. The molecule has 0 saturated carbocycles. The van der Waals surface area contributed by atoms with Crippen molar-refractivity contribution in [3.63, 3.8) is 0 Å². The number of amides is 1. The Kier molecular flexibility index (Phi) is 6.06. The summed E-state index contributed by atoms with van der Waals surface area (Å²) in [6.07, 6.45) is 2.44. The van der Waals surface area contributed by atoms with Gasteiger partial charge in [0.05, 0.1) is 24.4 Å². The Morgan fingerprint density at radius 1 is 1.00 bits per heavy atom. The first kappa shape index (κ1) is 23.4. The number of ether oxygens (including phenoxy) is 1. The lowest BCUT2D eigenvalue weighted by molar-refractivity contribution is -0.139. The van der Waals surface area contributed by atoms with Gasteiger partial charge in [0, 0.05) is 12.7 Å². The van der Waals surface area contributed by atoms with Crippen molar-refractivity contribution in [1.82, 2.24) is 14.3 Å². The number of aryl methyl sites for hydroxylation is 2.